The fourth-order valence-electron chi connectivity index (χ4n) is 0.706. The van der Waals surface area contributed by atoms with E-state index in [-0.39, 0.29) is 0 Å². The molecule has 0 radical (unpaired) electrons. The van der Waals surface area contributed by atoms with Gasteiger partial charge in [0.15, 0.2) is 0 Å². The fourth-order valence-corrected chi connectivity index (χ4v) is 0.706. The largest absolute Gasteiger partial charge is 0.296 e. The fraction of sp³-hybridized carbons (Fsp3) is 0. The molecule has 0 bridgehead atoms. The summed E-state index contributed by atoms with van der Waals surface area (Å²) in [6.45, 7) is 0. The Morgan fingerprint density at radius 3 is 2.58 bits per heavy atom. The first-order chi connectivity index (χ1) is 5.84. The topological polar surface area (TPSA) is 65.6 Å². The van der Waals surface area contributed by atoms with E-state index in [1.54, 1.807) is 30.3 Å². The molecule has 0 N–H and O–H groups in total. The number of benzene rings is 1. The Morgan fingerprint density at radius 1 is 1.33 bits per heavy atom. The van der Waals surface area contributed by atoms with Gasteiger partial charge >= 0.3 is 0 Å². The number of nitriles is 1. The van der Waals surface area contributed by atoms with Gasteiger partial charge in [-0.1, -0.05) is 28.4 Å². The molecule has 0 fully saturated rings. The lowest BCUT2D eigenvalue weighted by atomic mass is 10.2. The van der Waals surface area contributed by atoms with Crippen LogP contribution in [0.25, 0.3) is 0 Å². The second-order valence-electron chi connectivity index (χ2n) is 1.97. The molecular weight excluding hydrogens is 154 g/mol. The highest BCUT2D eigenvalue weighted by atomic mass is 16.1. The minimum atomic E-state index is -0.503. The number of carbonyl (C=O) groups excluding carboxylic acids is 1. The molecule has 4 nitrogen and oxygen atoms in total. The Morgan fingerprint density at radius 2 is 2.00 bits per heavy atom. The van der Waals surface area contributed by atoms with E-state index >= 15 is 0 Å². The van der Waals surface area contributed by atoms with Crippen LogP contribution in [0, 0.1) is 11.5 Å². The van der Waals surface area contributed by atoms with E-state index in [9.17, 15) is 4.79 Å². The SMILES string of the molecule is N#CN=NC(=O)c1ccccc1. The molecule has 1 amide bonds. The van der Waals surface area contributed by atoms with Gasteiger partial charge in [0.25, 0.3) is 5.91 Å². The lowest BCUT2D eigenvalue weighted by Gasteiger charge is -1.89. The number of carbonyl (C=O) groups is 1. The molecule has 0 unspecified atom stereocenters. The van der Waals surface area contributed by atoms with Crippen molar-refractivity contribution < 1.29 is 4.79 Å². The van der Waals surface area contributed by atoms with Crippen LogP contribution in [-0.4, -0.2) is 5.91 Å². The second-order valence-corrected chi connectivity index (χ2v) is 1.97. The highest BCUT2D eigenvalue weighted by molar-refractivity contribution is 5.94. The quantitative estimate of drug-likeness (QED) is 0.462. The third-order valence-electron chi connectivity index (χ3n) is 1.21. The third-order valence-corrected chi connectivity index (χ3v) is 1.21. The second kappa shape index (κ2) is 3.98. The lowest BCUT2D eigenvalue weighted by Crippen LogP contribution is -1.91. The highest BCUT2D eigenvalue weighted by Gasteiger charge is 2.00. The first kappa shape index (κ1) is 8.08. The van der Waals surface area contributed by atoms with Gasteiger partial charge in [-0.25, -0.2) is 0 Å². The molecule has 0 heterocycles. The number of hydrogen-bond donors (Lipinski definition) is 0. The van der Waals surface area contributed by atoms with Gasteiger partial charge in [-0.3, -0.25) is 4.79 Å². The normalized spacial score (nSPS) is 9.58. The maximum atomic E-state index is 11.0. The van der Waals surface area contributed by atoms with E-state index in [1.807, 2.05) is 0 Å². The zero-order valence-electron chi connectivity index (χ0n) is 6.14. The summed E-state index contributed by atoms with van der Waals surface area (Å²) in [4.78, 5) is 11.0. The summed E-state index contributed by atoms with van der Waals surface area (Å²) in [6, 6.07) is 8.44. The summed E-state index contributed by atoms with van der Waals surface area (Å²) < 4.78 is 0. The smallest absolute Gasteiger partial charge is 0.265 e. The van der Waals surface area contributed by atoms with Crippen LogP contribution in [0.5, 0.6) is 0 Å². The molecule has 0 saturated carbocycles. The molecular formula is C8H5N3O. The molecule has 4 heteroatoms. The van der Waals surface area contributed by atoms with Gasteiger partial charge in [-0.05, 0) is 12.1 Å². The molecule has 0 spiro atoms. The van der Waals surface area contributed by atoms with Crippen LogP contribution in [0.2, 0.25) is 0 Å². The van der Waals surface area contributed by atoms with Gasteiger partial charge in [-0.15, -0.1) is 0 Å². The molecule has 0 aromatic heterocycles. The maximum Gasteiger partial charge on any atom is 0.296 e. The predicted molar refractivity (Wildman–Crippen MR) is 41.2 cm³/mol. The van der Waals surface area contributed by atoms with Crippen molar-refractivity contribution in [3.05, 3.63) is 35.9 Å². The van der Waals surface area contributed by atoms with Crippen molar-refractivity contribution >= 4 is 5.91 Å². The molecule has 0 saturated heterocycles. The van der Waals surface area contributed by atoms with Gasteiger partial charge in [0.2, 0.25) is 6.19 Å². The Bertz CT molecular complexity index is 337. The van der Waals surface area contributed by atoms with Gasteiger partial charge in [0.05, 0.1) is 0 Å². The number of rotatable bonds is 1. The van der Waals surface area contributed by atoms with Gasteiger partial charge in [0.1, 0.15) is 0 Å². The first-order valence-corrected chi connectivity index (χ1v) is 3.24. The molecule has 12 heavy (non-hydrogen) atoms. The van der Waals surface area contributed by atoms with E-state index in [4.69, 9.17) is 5.26 Å². The minimum Gasteiger partial charge on any atom is -0.265 e. The molecule has 1 aromatic carbocycles. The van der Waals surface area contributed by atoms with Crippen LogP contribution in [0.3, 0.4) is 0 Å². The molecule has 0 atom stereocenters. The van der Waals surface area contributed by atoms with Crippen LogP contribution in [0.4, 0.5) is 0 Å². The maximum absolute atomic E-state index is 11.0. The van der Waals surface area contributed by atoms with E-state index in [1.165, 1.54) is 6.19 Å². The highest BCUT2D eigenvalue weighted by Crippen LogP contribution is 2.00. The molecule has 0 aliphatic heterocycles. The Labute approximate surface area is 69.2 Å². The summed E-state index contributed by atoms with van der Waals surface area (Å²) in [6.07, 6.45) is 1.41. The van der Waals surface area contributed by atoms with E-state index in [0.717, 1.165) is 0 Å². The molecule has 1 aromatic rings. The van der Waals surface area contributed by atoms with Crippen molar-refractivity contribution in [1.82, 2.24) is 0 Å². The summed E-state index contributed by atoms with van der Waals surface area (Å²) in [5.74, 6) is -0.503. The Balaban J connectivity index is 2.81. The van der Waals surface area contributed by atoms with E-state index < -0.39 is 5.91 Å². The monoisotopic (exact) mass is 159 g/mol. The van der Waals surface area contributed by atoms with Crippen LogP contribution in [0.15, 0.2) is 40.6 Å². The zero-order chi connectivity index (χ0) is 8.81. The third kappa shape index (κ3) is 1.99. The van der Waals surface area contributed by atoms with Crippen molar-refractivity contribution in [1.29, 1.82) is 5.26 Å². The summed E-state index contributed by atoms with van der Waals surface area (Å²) >= 11 is 0. The Kier molecular flexibility index (Phi) is 2.68. The predicted octanol–water partition coefficient (Wildman–Crippen LogP) is 1.76. The van der Waals surface area contributed by atoms with Crippen LogP contribution in [-0.2, 0) is 0 Å². The summed E-state index contributed by atoms with van der Waals surface area (Å²) in [5.41, 5.74) is 0.427. The zero-order valence-corrected chi connectivity index (χ0v) is 6.14. The molecule has 58 valence electrons. The van der Waals surface area contributed by atoms with Gasteiger partial charge < -0.3 is 0 Å². The van der Waals surface area contributed by atoms with E-state index in [2.05, 4.69) is 10.2 Å². The van der Waals surface area contributed by atoms with Gasteiger partial charge in [-0.2, -0.15) is 5.26 Å². The van der Waals surface area contributed by atoms with Crippen molar-refractivity contribution in [3.63, 3.8) is 0 Å². The van der Waals surface area contributed by atoms with Crippen molar-refractivity contribution in [2.24, 2.45) is 10.2 Å². The van der Waals surface area contributed by atoms with Crippen LogP contribution in [0.1, 0.15) is 10.4 Å². The number of nitrogens with zero attached hydrogens (tertiary/aromatic N) is 3. The Hall–Kier alpha value is -2.02. The van der Waals surface area contributed by atoms with Crippen LogP contribution < -0.4 is 0 Å². The first-order valence-electron chi connectivity index (χ1n) is 3.24. The molecule has 1 rings (SSSR count). The van der Waals surface area contributed by atoms with E-state index in [0.29, 0.717) is 5.56 Å². The molecule has 0 aliphatic carbocycles. The number of hydrogen-bond acceptors (Lipinski definition) is 3. The lowest BCUT2D eigenvalue weighted by molar-refractivity contribution is 0.0995. The number of amides is 1. The minimum absolute atomic E-state index is 0.427. The average Bonchev–Trinajstić information content (AvgIpc) is 2.15. The van der Waals surface area contributed by atoms with Crippen LogP contribution >= 0.6 is 0 Å². The summed E-state index contributed by atoms with van der Waals surface area (Å²) in [7, 11) is 0. The average molecular weight is 159 g/mol. The van der Waals surface area contributed by atoms with Crippen molar-refractivity contribution in [2.45, 2.75) is 0 Å². The molecule has 0 aliphatic rings. The van der Waals surface area contributed by atoms with Gasteiger partial charge in [0, 0.05) is 5.56 Å². The number of azo groups is 1. The summed E-state index contributed by atoms with van der Waals surface area (Å²) in [5, 5.41) is 14.1. The standard InChI is InChI=1S/C8H5N3O/c9-6-10-11-8(12)7-4-2-1-3-5-7/h1-5H. The van der Waals surface area contributed by atoms with Crippen molar-refractivity contribution in [3.8, 4) is 6.19 Å². The van der Waals surface area contributed by atoms with Crippen molar-refractivity contribution in [2.75, 3.05) is 0 Å².